The van der Waals surface area contributed by atoms with Crippen LogP contribution < -0.4 is 0 Å². The maximum Gasteiger partial charge on any atom is 0.307 e. The van der Waals surface area contributed by atoms with Gasteiger partial charge >= 0.3 is 5.97 Å². The molecule has 0 saturated carbocycles. The number of carbonyl (C=O) groups is 1. The van der Waals surface area contributed by atoms with E-state index in [4.69, 9.17) is 5.11 Å². The minimum atomic E-state index is -0.787. The Morgan fingerprint density at radius 1 is 0.625 bits per heavy atom. The Labute approximate surface area is 147 Å². The highest BCUT2D eigenvalue weighted by molar-refractivity contribution is 5.68. The van der Waals surface area contributed by atoms with Gasteiger partial charge in [-0.2, -0.15) is 0 Å². The van der Waals surface area contributed by atoms with E-state index in [-0.39, 0.29) is 6.42 Å². The van der Waals surface area contributed by atoms with Crippen LogP contribution in [0.2, 0.25) is 0 Å². The number of aliphatic carboxylic acids is 1. The number of allylic oxidation sites excluding steroid dienone is 11. The van der Waals surface area contributed by atoms with Crippen molar-refractivity contribution in [3.05, 3.63) is 72.9 Å². The third-order valence-corrected chi connectivity index (χ3v) is 3.11. The molecule has 0 spiro atoms. The second-order valence-electron chi connectivity index (χ2n) is 5.39. The fourth-order valence-corrected chi connectivity index (χ4v) is 1.82. The molecule has 24 heavy (non-hydrogen) atoms. The highest BCUT2D eigenvalue weighted by Crippen LogP contribution is 1.97. The number of hydrogen-bond acceptors (Lipinski definition) is 1. The van der Waals surface area contributed by atoms with Crippen molar-refractivity contribution in [1.29, 1.82) is 0 Å². The molecule has 0 atom stereocenters. The van der Waals surface area contributed by atoms with Gasteiger partial charge in [-0.25, -0.2) is 0 Å². The first-order valence-electron chi connectivity index (χ1n) is 8.89. The molecule has 2 nitrogen and oxygen atoms in total. The average Bonchev–Trinajstić information content (AvgIpc) is 2.56. The topological polar surface area (TPSA) is 37.3 Å². The molecule has 0 unspecified atom stereocenters. The van der Waals surface area contributed by atoms with E-state index in [0.29, 0.717) is 0 Å². The van der Waals surface area contributed by atoms with Gasteiger partial charge in [-0.3, -0.25) is 4.79 Å². The van der Waals surface area contributed by atoms with Gasteiger partial charge in [-0.05, 0) is 38.5 Å². The second kappa shape index (κ2) is 19.0. The summed E-state index contributed by atoms with van der Waals surface area (Å²) in [4.78, 5) is 10.3. The Morgan fingerprint density at radius 3 is 1.29 bits per heavy atom. The zero-order valence-electron chi connectivity index (χ0n) is 14.9. The molecular formula is C22H32O2. The van der Waals surface area contributed by atoms with Crippen molar-refractivity contribution < 1.29 is 9.90 Å². The van der Waals surface area contributed by atoms with E-state index in [1.54, 1.807) is 6.08 Å². The SMILES string of the molecule is CCCC=CCC=CCC=CCC=CCC=CC/C=C\CC(=O)O. The molecule has 0 bridgehead atoms. The van der Waals surface area contributed by atoms with Crippen LogP contribution in [0.15, 0.2) is 72.9 Å². The first-order chi connectivity index (χ1) is 11.8. The van der Waals surface area contributed by atoms with Crippen LogP contribution in [0.25, 0.3) is 0 Å². The maximum absolute atomic E-state index is 10.3. The lowest BCUT2D eigenvalue weighted by molar-refractivity contribution is -0.136. The Hall–Kier alpha value is -2.09. The molecule has 0 radical (unpaired) electrons. The molecule has 0 aromatic heterocycles. The van der Waals surface area contributed by atoms with Gasteiger partial charge in [0.25, 0.3) is 0 Å². The molecule has 132 valence electrons. The summed E-state index contributed by atoms with van der Waals surface area (Å²) in [6.45, 7) is 2.19. The molecule has 0 fully saturated rings. The van der Waals surface area contributed by atoms with Crippen LogP contribution >= 0.6 is 0 Å². The molecule has 0 rings (SSSR count). The van der Waals surface area contributed by atoms with Gasteiger partial charge in [0.1, 0.15) is 0 Å². The minimum absolute atomic E-state index is 0.102. The lowest BCUT2D eigenvalue weighted by Crippen LogP contribution is -1.89. The van der Waals surface area contributed by atoms with Crippen LogP contribution in [0, 0.1) is 0 Å². The Bertz CT molecular complexity index is 462. The van der Waals surface area contributed by atoms with E-state index in [1.807, 2.05) is 6.08 Å². The highest BCUT2D eigenvalue weighted by atomic mass is 16.4. The van der Waals surface area contributed by atoms with Gasteiger partial charge in [0.05, 0.1) is 6.42 Å². The number of carboxylic acid groups (broad SMARTS) is 1. The second-order valence-corrected chi connectivity index (χ2v) is 5.39. The molecule has 0 aromatic carbocycles. The summed E-state index contributed by atoms with van der Waals surface area (Å²) >= 11 is 0. The molecule has 0 aliphatic heterocycles. The Balaban J connectivity index is 3.52. The fraction of sp³-hybridized carbons (Fsp3) is 0.409. The van der Waals surface area contributed by atoms with Crippen molar-refractivity contribution in [1.82, 2.24) is 0 Å². The van der Waals surface area contributed by atoms with Crippen LogP contribution in [-0.4, -0.2) is 11.1 Å². The Kier molecular flexibility index (Phi) is 17.3. The number of hydrogen-bond donors (Lipinski definition) is 1. The standard InChI is InChI=1S/C22H32O2/c1-2-3-4-5-6-7-8-9-10-11-12-13-14-15-16-17-18-19-20-21-22(23)24/h4-5,7-8,10-11,13-14,16-17,19-20H,2-3,6,9,12,15,18,21H2,1H3,(H,23,24)/b5-4?,8-7?,11-10?,14-13?,17-16?,20-19-. The van der Waals surface area contributed by atoms with E-state index >= 15 is 0 Å². The van der Waals surface area contributed by atoms with Gasteiger partial charge in [-0.1, -0.05) is 86.3 Å². The average molecular weight is 328 g/mol. The molecule has 0 amide bonds. The summed E-state index contributed by atoms with van der Waals surface area (Å²) in [5, 5.41) is 8.47. The van der Waals surface area contributed by atoms with Crippen molar-refractivity contribution in [3.63, 3.8) is 0 Å². The first kappa shape index (κ1) is 21.9. The van der Waals surface area contributed by atoms with Crippen molar-refractivity contribution in [3.8, 4) is 0 Å². The van der Waals surface area contributed by atoms with Gasteiger partial charge in [0.2, 0.25) is 0 Å². The molecule has 0 aliphatic carbocycles. The van der Waals surface area contributed by atoms with Crippen LogP contribution in [0.3, 0.4) is 0 Å². The molecule has 2 heteroatoms. The zero-order valence-corrected chi connectivity index (χ0v) is 14.9. The molecule has 0 saturated heterocycles. The fourth-order valence-electron chi connectivity index (χ4n) is 1.82. The van der Waals surface area contributed by atoms with E-state index in [1.165, 1.54) is 12.8 Å². The minimum Gasteiger partial charge on any atom is -0.481 e. The molecular weight excluding hydrogens is 296 g/mol. The van der Waals surface area contributed by atoms with Gasteiger partial charge in [0.15, 0.2) is 0 Å². The summed E-state index contributed by atoms with van der Waals surface area (Å²) < 4.78 is 0. The third kappa shape index (κ3) is 19.9. The quantitative estimate of drug-likeness (QED) is 0.367. The van der Waals surface area contributed by atoms with Crippen molar-refractivity contribution in [2.75, 3.05) is 0 Å². The smallest absolute Gasteiger partial charge is 0.307 e. The monoisotopic (exact) mass is 328 g/mol. The normalized spacial score (nSPS) is 13.0. The molecule has 0 heterocycles. The van der Waals surface area contributed by atoms with Crippen LogP contribution in [0.5, 0.6) is 0 Å². The Morgan fingerprint density at radius 2 is 0.958 bits per heavy atom. The van der Waals surface area contributed by atoms with E-state index in [9.17, 15) is 4.79 Å². The predicted molar refractivity (Wildman–Crippen MR) is 105 cm³/mol. The largest absolute Gasteiger partial charge is 0.481 e. The lowest BCUT2D eigenvalue weighted by atomic mass is 10.2. The first-order valence-corrected chi connectivity index (χ1v) is 8.89. The third-order valence-electron chi connectivity index (χ3n) is 3.11. The summed E-state index contributed by atoms with van der Waals surface area (Å²) in [5.41, 5.74) is 0. The highest BCUT2D eigenvalue weighted by Gasteiger charge is 1.87. The van der Waals surface area contributed by atoms with Crippen LogP contribution in [0.1, 0.15) is 58.3 Å². The lowest BCUT2D eigenvalue weighted by Gasteiger charge is -1.86. The number of unbranched alkanes of at least 4 members (excludes halogenated alkanes) is 1. The maximum atomic E-state index is 10.3. The van der Waals surface area contributed by atoms with Gasteiger partial charge in [0, 0.05) is 0 Å². The zero-order chi connectivity index (χ0) is 17.7. The molecule has 0 aliphatic rings. The van der Waals surface area contributed by atoms with E-state index in [0.717, 1.165) is 32.1 Å². The summed E-state index contributed by atoms with van der Waals surface area (Å²) in [6.07, 6.45) is 32.5. The van der Waals surface area contributed by atoms with Crippen molar-refractivity contribution in [2.45, 2.75) is 58.3 Å². The number of rotatable bonds is 14. The molecule has 0 aromatic rings. The summed E-state index contributed by atoms with van der Waals surface area (Å²) in [5.74, 6) is -0.787. The van der Waals surface area contributed by atoms with Crippen LogP contribution in [0.4, 0.5) is 0 Å². The van der Waals surface area contributed by atoms with Crippen molar-refractivity contribution >= 4 is 5.97 Å². The van der Waals surface area contributed by atoms with Crippen LogP contribution in [-0.2, 0) is 4.79 Å². The summed E-state index contributed by atoms with van der Waals surface area (Å²) in [7, 11) is 0. The predicted octanol–water partition coefficient (Wildman–Crippen LogP) is 6.55. The van der Waals surface area contributed by atoms with E-state index < -0.39 is 5.97 Å². The molecule has 1 N–H and O–H groups in total. The van der Waals surface area contributed by atoms with Gasteiger partial charge < -0.3 is 5.11 Å². The van der Waals surface area contributed by atoms with Gasteiger partial charge in [-0.15, -0.1) is 0 Å². The number of carboxylic acids is 1. The summed E-state index contributed by atoms with van der Waals surface area (Å²) in [6, 6.07) is 0. The van der Waals surface area contributed by atoms with E-state index in [2.05, 4.69) is 67.7 Å². The van der Waals surface area contributed by atoms with Crippen molar-refractivity contribution in [2.24, 2.45) is 0 Å².